The average molecular weight is 249 g/mol. The highest BCUT2D eigenvalue weighted by atomic mass is 35.5. The van der Waals surface area contributed by atoms with Crippen molar-refractivity contribution in [2.75, 3.05) is 26.7 Å². The quantitative estimate of drug-likeness (QED) is 0.825. The van der Waals surface area contributed by atoms with E-state index in [-0.39, 0.29) is 12.4 Å². The lowest BCUT2D eigenvalue weighted by Crippen LogP contribution is -2.42. The molecule has 1 atom stereocenters. The van der Waals surface area contributed by atoms with Crippen molar-refractivity contribution in [2.24, 2.45) is 11.8 Å². The Kier molecular flexibility index (Phi) is 7.77. The maximum atomic E-state index is 11.9. The number of likely N-dealkylation sites (tertiary alicyclic amines) is 1. The number of rotatable bonds is 4. The fourth-order valence-corrected chi connectivity index (χ4v) is 2.23. The Morgan fingerprint density at radius 1 is 1.50 bits per heavy atom. The second-order valence-electron chi connectivity index (χ2n) is 5.00. The van der Waals surface area contributed by atoms with E-state index in [1.807, 2.05) is 11.9 Å². The normalized spacial score (nSPS) is 20.8. The van der Waals surface area contributed by atoms with Crippen LogP contribution in [0.15, 0.2) is 0 Å². The van der Waals surface area contributed by atoms with E-state index in [0.717, 1.165) is 26.1 Å². The Hall–Kier alpha value is -0.280. The molecular weight excluding hydrogens is 224 g/mol. The number of nitrogens with zero attached hydrogens (tertiary/aromatic N) is 1. The van der Waals surface area contributed by atoms with Gasteiger partial charge < -0.3 is 10.2 Å². The summed E-state index contributed by atoms with van der Waals surface area (Å²) in [5, 5.41) is 3.20. The molecule has 1 unspecified atom stereocenters. The lowest BCUT2D eigenvalue weighted by molar-refractivity contribution is -0.133. The molecule has 0 aliphatic carbocycles. The van der Waals surface area contributed by atoms with Crippen LogP contribution in [0.3, 0.4) is 0 Å². The Morgan fingerprint density at radius 3 is 2.75 bits per heavy atom. The molecule has 96 valence electrons. The summed E-state index contributed by atoms with van der Waals surface area (Å²) in [6, 6.07) is 0. The molecule has 1 aliphatic rings. The van der Waals surface area contributed by atoms with E-state index in [2.05, 4.69) is 19.2 Å². The molecule has 0 saturated carbocycles. The lowest BCUT2D eigenvalue weighted by atomic mass is 9.97. The van der Waals surface area contributed by atoms with Crippen LogP contribution in [0, 0.1) is 11.8 Å². The number of halogens is 1. The van der Waals surface area contributed by atoms with Crippen LogP contribution in [0.5, 0.6) is 0 Å². The van der Waals surface area contributed by atoms with Crippen molar-refractivity contribution in [3.8, 4) is 0 Å². The number of carbonyl (C=O) groups is 1. The maximum absolute atomic E-state index is 11.9. The molecule has 1 N–H and O–H groups in total. The fraction of sp³-hybridized carbons (Fsp3) is 0.917. The highest BCUT2D eigenvalue weighted by Gasteiger charge is 2.23. The largest absolute Gasteiger partial charge is 0.342 e. The molecule has 0 radical (unpaired) electrons. The summed E-state index contributed by atoms with van der Waals surface area (Å²) in [6.07, 6.45) is 3.12. The van der Waals surface area contributed by atoms with Gasteiger partial charge in [0.1, 0.15) is 0 Å². The van der Waals surface area contributed by atoms with Gasteiger partial charge in [0.25, 0.3) is 0 Å². The van der Waals surface area contributed by atoms with E-state index in [1.165, 1.54) is 6.42 Å². The molecule has 0 aromatic rings. The predicted octanol–water partition coefficient (Wildman–Crippen LogP) is 1.91. The molecule has 4 heteroatoms. The minimum Gasteiger partial charge on any atom is -0.342 e. The van der Waals surface area contributed by atoms with Crippen molar-refractivity contribution in [3.05, 3.63) is 0 Å². The zero-order valence-electron chi connectivity index (χ0n) is 10.7. The smallest absolute Gasteiger partial charge is 0.222 e. The van der Waals surface area contributed by atoms with Gasteiger partial charge in [0.15, 0.2) is 0 Å². The molecule has 1 aliphatic heterocycles. The Balaban J connectivity index is 0.00000225. The first-order valence-electron chi connectivity index (χ1n) is 6.05. The first-order chi connectivity index (χ1) is 7.13. The summed E-state index contributed by atoms with van der Waals surface area (Å²) >= 11 is 0. The van der Waals surface area contributed by atoms with Gasteiger partial charge in [-0.1, -0.05) is 13.8 Å². The Morgan fingerprint density at radius 2 is 2.19 bits per heavy atom. The number of hydrogen-bond donors (Lipinski definition) is 1. The zero-order chi connectivity index (χ0) is 11.3. The van der Waals surface area contributed by atoms with Crippen molar-refractivity contribution in [2.45, 2.75) is 33.1 Å². The molecule has 1 heterocycles. The van der Waals surface area contributed by atoms with Crippen LogP contribution in [-0.4, -0.2) is 37.5 Å². The van der Waals surface area contributed by atoms with Gasteiger partial charge in [-0.2, -0.15) is 0 Å². The molecule has 16 heavy (non-hydrogen) atoms. The molecule has 1 saturated heterocycles. The summed E-state index contributed by atoms with van der Waals surface area (Å²) in [6.45, 7) is 7.16. The third-order valence-corrected chi connectivity index (χ3v) is 2.95. The van der Waals surface area contributed by atoms with E-state index in [9.17, 15) is 4.79 Å². The number of nitrogens with one attached hydrogen (secondary N) is 1. The molecule has 1 amide bonds. The number of hydrogen-bond acceptors (Lipinski definition) is 2. The Labute approximate surface area is 105 Å². The van der Waals surface area contributed by atoms with Gasteiger partial charge >= 0.3 is 0 Å². The third kappa shape index (κ3) is 5.17. The Bertz CT molecular complexity index is 207. The van der Waals surface area contributed by atoms with Crippen molar-refractivity contribution < 1.29 is 4.79 Å². The summed E-state index contributed by atoms with van der Waals surface area (Å²) in [5.41, 5.74) is 0. The fourth-order valence-electron chi connectivity index (χ4n) is 2.23. The van der Waals surface area contributed by atoms with E-state index in [0.29, 0.717) is 24.2 Å². The van der Waals surface area contributed by atoms with Crippen molar-refractivity contribution >= 4 is 18.3 Å². The van der Waals surface area contributed by atoms with Gasteiger partial charge in [-0.25, -0.2) is 0 Å². The van der Waals surface area contributed by atoms with Crippen LogP contribution in [-0.2, 0) is 4.79 Å². The molecular formula is C12H25ClN2O. The van der Waals surface area contributed by atoms with E-state index in [1.54, 1.807) is 0 Å². The topological polar surface area (TPSA) is 32.3 Å². The number of amides is 1. The minimum atomic E-state index is 0. The highest BCUT2D eigenvalue weighted by Crippen LogP contribution is 2.17. The van der Waals surface area contributed by atoms with Crippen LogP contribution in [0.4, 0.5) is 0 Å². The lowest BCUT2D eigenvalue weighted by Gasteiger charge is -2.33. The molecule has 0 aromatic carbocycles. The van der Waals surface area contributed by atoms with E-state index >= 15 is 0 Å². The van der Waals surface area contributed by atoms with Crippen LogP contribution >= 0.6 is 12.4 Å². The second kappa shape index (κ2) is 7.91. The second-order valence-corrected chi connectivity index (χ2v) is 5.00. The van der Waals surface area contributed by atoms with Gasteiger partial charge in [0.05, 0.1) is 0 Å². The highest BCUT2D eigenvalue weighted by molar-refractivity contribution is 5.85. The van der Waals surface area contributed by atoms with Crippen molar-refractivity contribution in [1.29, 1.82) is 0 Å². The van der Waals surface area contributed by atoms with Crippen LogP contribution in [0.2, 0.25) is 0 Å². The summed E-state index contributed by atoms with van der Waals surface area (Å²) < 4.78 is 0. The van der Waals surface area contributed by atoms with Crippen molar-refractivity contribution in [3.63, 3.8) is 0 Å². The van der Waals surface area contributed by atoms with Gasteiger partial charge in [0.2, 0.25) is 5.91 Å². The monoisotopic (exact) mass is 248 g/mol. The van der Waals surface area contributed by atoms with E-state index in [4.69, 9.17) is 0 Å². The zero-order valence-corrected chi connectivity index (χ0v) is 11.5. The standard InChI is InChI=1S/C12H24N2O.ClH/c1-10(2)7-12(15)14-6-4-5-11(9-14)8-13-3;/h10-11,13H,4-9H2,1-3H3;1H. The molecule has 1 rings (SSSR count). The average Bonchev–Trinajstić information content (AvgIpc) is 2.17. The first kappa shape index (κ1) is 15.7. The minimum absolute atomic E-state index is 0. The van der Waals surface area contributed by atoms with Crippen molar-refractivity contribution in [1.82, 2.24) is 10.2 Å². The molecule has 1 fully saturated rings. The predicted molar refractivity (Wildman–Crippen MR) is 69.9 cm³/mol. The van der Waals surface area contributed by atoms with Gasteiger partial charge in [-0.15, -0.1) is 12.4 Å². The molecule has 3 nitrogen and oxygen atoms in total. The number of carbonyl (C=O) groups excluding carboxylic acids is 1. The summed E-state index contributed by atoms with van der Waals surface area (Å²) in [5.74, 6) is 1.47. The summed E-state index contributed by atoms with van der Waals surface area (Å²) in [7, 11) is 1.98. The maximum Gasteiger partial charge on any atom is 0.222 e. The number of piperidine rings is 1. The van der Waals surface area contributed by atoms with Gasteiger partial charge in [-0.05, 0) is 38.3 Å². The molecule has 0 aromatic heterocycles. The van der Waals surface area contributed by atoms with Crippen LogP contribution in [0.25, 0.3) is 0 Å². The van der Waals surface area contributed by atoms with Crippen LogP contribution in [0.1, 0.15) is 33.1 Å². The molecule has 0 spiro atoms. The summed E-state index contributed by atoms with van der Waals surface area (Å²) in [4.78, 5) is 13.9. The van der Waals surface area contributed by atoms with Gasteiger partial charge in [-0.3, -0.25) is 4.79 Å². The van der Waals surface area contributed by atoms with E-state index < -0.39 is 0 Å². The molecule has 0 bridgehead atoms. The van der Waals surface area contributed by atoms with Gasteiger partial charge in [0, 0.05) is 19.5 Å². The SMILES string of the molecule is CNCC1CCCN(C(=O)CC(C)C)C1.Cl. The third-order valence-electron chi connectivity index (χ3n) is 2.95. The van der Waals surface area contributed by atoms with Crippen LogP contribution < -0.4 is 5.32 Å². The first-order valence-corrected chi connectivity index (χ1v) is 6.05.